The maximum Gasteiger partial charge on any atom is 0.129 e. The number of rotatable bonds is 4. The van der Waals surface area contributed by atoms with Crippen LogP contribution in [0.15, 0.2) is 42.5 Å². The molecule has 3 nitrogen and oxygen atoms in total. The second kappa shape index (κ2) is 5.84. The monoisotopic (exact) mass is 303 g/mol. The summed E-state index contributed by atoms with van der Waals surface area (Å²) in [6, 6.07) is 12.5. The van der Waals surface area contributed by atoms with Crippen LogP contribution < -0.4 is 5.32 Å². The van der Waals surface area contributed by atoms with E-state index in [1.54, 1.807) is 12.1 Å². The first-order chi connectivity index (χ1) is 10.1. The fraction of sp³-hybridized carbons (Fsp3) is 0.188. The summed E-state index contributed by atoms with van der Waals surface area (Å²) in [7, 11) is 0. The van der Waals surface area contributed by atoms with Gasteiger partial charge in [-0.2, -0.15) is 0 Å². The van der Waals surface area contributed by atoms with Crippen molar-refractivity contribution < 1.29 is 4.39 Å². The first kappa shape index (κ1) is 14.0. The minimum Gasteiger partial charge on any atom is -0.341 e. The summed E-state index contributed by atoms with van der Waals surface area (Å²) in [6.45, 7) is 2.33. The Morgan fingerprint density at radius 3 is 2.81 bits per heavy atom. The summed E-state index contributed by atoms with van der Waals surface area (Å²) in [5.41, 5.74) is 2.39. The second-order valence-corrected chi connectivity index (χ2v) is 5.35. The van der Waals surface area contributed by atoms with Gasteiger partial charge in [0.25, 0.3) is 0 Å². The Labute approximate surface area is 127 Å². The predicted octanol–water partition coefficient (Wildman–Crippen LogP) is 4.21. The molecule has 1 unspecified atom stereocenters. The van der Waals surface area contributed by atoms with Crippen molar-refractivity contribution in [1.82, 2.24) is 15.3 Å². The van der Waals surface area contributed by atoms with Crippen LogP contribution in [-0.4, -0.2) is 9.97 Å². The minimum absolute atomic E-state index is 0.0342. The van der Waals surface area contributed by atoms with Crippen molar-refractivity contribution in [3.63, 3.8) is 0 Å². The lowest BCUT2D eigenvalue weighted by Gasteiger charge is -2.12. The predicted molar refractivity (Wildman–Crippen MR) is 82.8 cm³/mol. The third-order valence-corrected chi connectivity index (χ3v) is 3.82. The van der Waals surface area contributed by atoms with Crippen LogP contribution in [0.2, 0.25) is 5.02 Å². The first-order valence-corrected chi connectivity index (χ1v) is 7.14. The van der Waals surface area contributed by atoms with E-state index < -0.39 is 0 Å². The number of para-hydroxylation sites is 2. The molecule has 0 aliphatic carbocycles. The van der Waals surface area contributed by atoms with Gasteiger partial charge in [-0.1, -0.05) is 29.8 Å². The van der Waals surface area contributed by atoms with Crippen LogP contribution in [-0.2, 0) is 6.54 Å². The van der Waals surface area contributed by atoms with E-state index in [1.165, 1.54) is 6.07 Å². The SMILES string of the molecule is CC(NCc1c(F)cccc1Cl)c1nc2ccccc2[nH]1. The number of aromatic nitrogens is 2. The summed E-state index contributed by atoms with van der Waals surface area (Å²) in [5.74, 6) is 0.524. The van der Waals surface area contributed by atoms with E-state index >= 15 is 0 Å². The average Bonchev–Trinajstić information content (AvgIpc) is 2.90. The highest BCUT2D eigenvalue weighted by atomic mass is 35.5. The number of fused-ring (bicyclic) bond motifs is 1. The third-order valence-electron chi connectivity index (χ3n) is 3.46. The lowest BCUT2D eigenvalue weighted by Crippen LogP contribution is -2.20. The maximum atomic E-state index is 13.7. The molecule has 1 aromatic heterocycles. The molecule has 108 valence electrons. The van der Waals surface area contributed by atoms with Gasteiger partial charge in [-0.3, -0.25) is 0 Å². The normalized spacial score (nSPS) is 12.7. The molecule has 0 amide bonds. The lowest BCUT2D eigenvalue weighted by molar-refractivity contribution is 0.530. The van der Waals surface area contributed by atoms with Gasteiger partial charge >= 0.3 is 0 Å². The van der Waals surface area contributed by atoms with E-state index in [4.69, 9.17) is 11.6 Å². The number of nitrogens with zero attached hydrogens (tertiary/aromatic N) is 1. The molecule has 1 heterocycles. The lowest BCUT2D eigenvalue weighted by atomic mass is 10.2. The van der Waals surface area contributed by atoms with Crippen molar-refractivity contribution in [2.24, 2.45) is 0 Å². The summed E-state index contributed by atoms with van der Waals surface area (Å²) >= 11 is 6.02. The Kier molecular flexibility index (Phi) is 3.90. The molecular weight excluding hydrogens is 289 g/mol. The number of benzene rings is 2. The van der Waals surface area contributed by atoms with E-state index in [-0.39, 0.29) is 11.9 Å². The Morgan fingerprint density at radius 2 is 2.05 bits per heavy atom. The zero-order valence-electron chi connectivity index (χ0n) is 11.5. The van der Waals surface area contributed by atoms with Crippen LogP contribution in [0, 0.1) is 5.82 Å². The van der Waals surface area contributed by atoms with Gasteiger partial charge in [-0.25, -0.2) is 9.37 Å². The number of imidazole rings is 1. The van der Waals surface area contributed by atoms with Gasteiger partial charge < -0.3 is 10.3 Å². The van der Waals surface area contributed by atoms with Gasteiger partial charge in [-0.05, 0) is 31.2 Å². The fourth-order valence-electron chi connectivity index (χ4n) is 2.23. The molecule has 0 aliphatic rings. The third kappa shape index (κ3) is 2.91. The smallest absolute Gasteiger partial charge is 0.129 e. The summed E-state index contributed by atoms with van der Waals surface area (Å²) in [4.78, 5) is 7.79. The highest BCUT2D eigenvalue weighted by molar-refractivity contribution is 6.31. The highest BCUT2D eigenvalue weighted by Gasteiger charge is 2.12. The molecule has 3 rings (SSSR count). The van der Waals surface area contributed by atoms with E-state index in [9.17, 15) is 4.39 Å². The number of nitrogens with one attached hydrogen (secondary N) is 2. The molecule has 0 spiro atoms. The van der Waals surface area contributed by atoms with Crippen LogP contribution in [0.5, 0.6) is 0 Å². The zero-order chi connectivity index (χ0) is 14.8. The van der Waals surface area contributed by atoms with Crippen LogP contribution >= 0.6 is 11.6 Å². The molecule has 0 saturated heterocycles. The molecule has 0 aliphatic heterocycles. The average molecular weight is 304 g/mol. The van der Waals surface area contributed by atoms with Crippen LogP contribution in [0.25, 0.3) is 11.0 Å². The Hall–Kier alpha value is -1.91. The van der Waals surface area contributed by atoms with Gasteiger partial charge in [0, 0.05) is 17.1 Å². The summed E-state index contributed by atoms with van der Waals surface area (Å²) in [6.07, 6.45) is 0. The van der Waals surface area contributed by atoms with Crippen LogP contribution in [0.4, 0.5) is 4.39 Å². The van der Waals surface area contributed by atoms with E-state index in [1.807, 2.05) is 31.2 Å². The van der Waals surface area contributed by atoms with Gasteiger partial charge in [0.15, 0.2) is 0 Å². The van der Waals surface area contributed by atoms with Gasteiger partial charge in [0.1, 0.15) is 11.6 Å². The molecule has 0 bridgehead atoms. The second-order valence-electron chi connectivity index (χ2n) is 4.94. The molecule has 0 radical (unpaired) electrons. The molecule has 5 heteroatoms. The van der Waals surface area contributed by atoms with Crippen molar-refractivity contribution in [3.05, 3.63) is 64.7 Å². The standard InChI is InChI=1S/C16H15ClFN3/c1-10(16-20-14-7-2-3-8-15(14)21-16)19-9-11-12(17)5-4-6-13(11)18/h2-8,10,19H,9H2,1H3,(H,20,21). The number of H-pyrrole nitrogens is 1. The fourth-order valence-corrected chi connectivity index (χ4v) is 2.46. The molecular formula is C16H15ClFN3. The van der Waals surface area contributed by atoms with Gasteiger partial charge in [0.05, 0.1) is 17.1 Å². The minimum atomic E-state index is -0.299. The van der Waals surface area contributed by atoms with Crippen LogP contribution in [0.3, 0.4) is 0 Å². The number of hydrogen-bond acceptors (Lipinski definition) is 2. The summed E-state index contributed by atoms with van der Waals surface area (Å²) < 4.78 is 13.7. The number of halogens is 2. The number of aromatic amines is 1. The van der Waals surface area contributed by atoms with E-state index in [2.05, 4.69) is 15.3 Å². The Balaban J connectivity index is 1.75. The zero-order valence-corrected chi connectivity index (χ0v) is 12.3. The molecule has 21 heavy (non-hydrogen) atoms. The molecule has 0 fully saturated rings. The topological polar surface area (TPSA) is 40.7 Å². The van der Waals surface area contributed by atoms with Crippen LogP contribution in [0.1, 0.15) is 24.4 Å². The van der Waals surface area contributed by atoms with Crippen molar-refractivity contribution in [2.75, 3.05) is 0 Å². The highest BCUT2D eigenvalue weighted by Crippen LogP contribution is 2.20. The Bertz CT molecular complexity index is 716. The van der Waals surface area contributed by atoms with Crippen molar-refractivity contribution in [3.8, 4) is 0 Å². The first-order valence-electron chi connectivity index (χ1n) is 6.76. The largest absolute Gasteiger partial charge is 0.341 e. The molecule has 3 aromatic rings. The van der Waals surface area contributed by atoms with Crippen molar-refractivity contribution >= 4 is 22.6 Å². The number of hydrogen-bond donors (Lipinski definition) is 2. The Morgan fingerprint density at radius 1 is 1.24 bits per heavy atom. The van der Waals surface area contributed by atoms with E-state index in [0.29, 0.717) is 17.1 Å². The molecule has 0 saturated carbocycles. The van der Waals surface area contributed by atoms with Crippen molar-refractivity contribution in [2.45, 2.75) is 19.5 Å². The van der Waals surface area contributed by atoms with Gasteiger partial charge in [0.2, 0.25) is 0 Å². The van der Waals surface area contributed by atoms with Gasteiger partial charge in [-0.15, -0.1) is 0 Å². The maximum absolute atomic E-state index is 13.7. The summed E-state index contributed by atoms with van der Waals surface area (Å²) in [5, 5.41) is 3.67. The van der Waals surface area contributed by atoms with E-state index in [0.717, 1.165) is 16.9 Å². The molecule has 2 aromatic carbocycles. The molecule has 1 atom stereocenters. The molecule has 2 N–H and O–H groups in total. The van der Waals surface area contributed by atoms with Crippen molar-refractivity contribution in [1.29, 1.82) is 0 Å². The quantitative estimate of drug-likeness (QED) is 0.758.